The summed E-state index contributed by atoms with van der Waals surface area (Å²) in [4.78, 5) is 24.9. The van der Waals surface area contributed by atoms with Crippen molar-refractivity contribution in [3.05, 3.63) is 24.4 Å². The number of amides is 3. The van der Waals surface area contributed by atoms with Crippen LogP contribution < -0.4 is 10.6 Å². The molecule has 0 aliphatic carbocycles. The predicted molar refractivity (Wildman–Crippen MR) is 103 cm³/mol. The predicted octanol–water partition coefficient (Wildman–Crippen LogP) is 3.97. The van der Waals surface area contributed by atoms with Crippen molar-refractivity contribution in [1.29, 1.82) is 0 Å². The zero-order valence-electron chi connectivity index (χ0n) is 16.2. The number of carbonyl (C=O) groups excluding carboxylic acids is 2. The average molecular weight is 350 g/mol. The van der Waals surface area contributed by atoms with E-state index in [9.17, 15) is 9.59 Å². The monoisotopic (exact) mass is 349 g/mol. The zero-order chi connectivity index (χ0) is 18.7. The van der Waals surface area contributed by atoms with Crippen LogP contribution in [0, 0.1) is 5.41 Å². The summed E-state index contributed by atoms with van der Waals surface area (Å²) >= 11 is 0. The number of unbranched alkanes of at least 4 members (excludes halogenated alkanes) is 4. The summed E-state index contributed by atoms with van der Waals surface area (Å²) in [6, 6.07) is -0.0687. The number of rotatable bonds is 11. The molecule has 0 saturated heterocycles. The maximum atomic E-state index is 11.7. The van der Waals surface area contributed by atoms with Crippen LogP contribution in [-0.2, 0) is 4.79 Å². The van der Waals surface area contributed by atoms with E-state index in [1.54, 1.807) is 17.1 Å². The Hall–Kier alpha value is -1.78. The van der Waals surface area contributed by atoms with Gasteiger partial charge in [0, 0.05) is 31.4 Å². The van der Waals surface area contributed by atoms with Crippen molar-refractivity contribution in [2.45, 2.75) is 65.7 Å². The number of urea groups is 1. The summed E-state index contributed by atoms with van der Waals surface area (Å²) in [7, 11) is 0. The van der Waals surface area contributed by atoms with E-state index in [0.29, 0.717) is 12.0 Å². The van der Waals surface area contributed by atoms with Gasteiger partial charge >= 0.3 is 6.03 Å². The van der Waals surface area contributed by atoms with E-state index < -0.39 is 0 Å². The number of hydrogen-bond donors (Lipinski definition) is 2. The van der Waals surface area contributed by atoms with E-state index in [-0.39, 0.29) is 11.9 Å². The molecule has 0 unspecified atom stereocenters. The van der Waals surface area contributed by atoms with Gasteiger partial charge in [-0.1, -0.05) is 46.6 Å². The number of allylic oxidation sites excluding steroid dienone is 1. The molecular formula is C20H35N3O2. The molecule has 1 heterocycles. The molecule has 142 valence electrons. The van der Waals surface area contributed by atoms with Gasteiger partial charge in [0.15, 0.2) is 0 Å². The highest BCUT2D eigenvalue weighted by Gasteiger charge is 2.17. The lowest BCUT2D eigenvalue weighted by Gasteiger charge is -2.17. The first kappa shape index (κ1) is 21.3. The lowest BCUT2D eigenvalue weighted by atomic mass is 9.90. The largest absolute Gasteiger partial charge is 0.338 e. The van der Waals surface area contributed by atoms with Crippen molar-refractivity contribution in [3.63, 3.8) is 0 Å². The topological polar surface area (TPSA) is 61.4 Å². The van der Waals surface area contributed by atoms with E-state index in [2.05, 4.69) is 38.0 Å². The van der Waals surface area contributed by atoms with E-state index in [1.807, 2.05) is 0 Å². The van der Waals surface area contributed by atoms with E-state index in [4.69, 9.17) is 0 Å². The molecule has 1 aliphatic rings. The summed E-state index contributed by atoms with van der Waals surface area (Å²) in [5.41, 5.74) is 1.15. The van der Waals surface area contributed by atoms with Gasteiger partial charge in [-0.3, -0.25) is 4.79 Å². The first-order valence-corrected chi connectivity index (χ1v) is 9.50. The molecule has 0 atom stereocenters. The van der Waals surface area contributed by atoms with Gasteiger partial charge in [-0.05, 0) is 37.2 Å². The SMILES string of the molecule is C=C1C=CC(=O)N1CCCCCCNC(=O)NCCCCC(C)(C)C. The van der Waals surface area contributed by atoms with Crippen molar-refractivity contribution in [1.82, 2.24) is 15.5 Å². The minimum absolute atomic E-state index is 0.0332. The second-order valence-corrected chi connectivity index (χ2v) is 7.93. The third kappa shape index (κ3) is 9.95. The highest BCUT2D eigenvalue weighted by atomic mass is 16.2. The fourth-order valence-corrected chi connectivity index (χ4v) is 2.74. The van der Waals surface area contributed by atoms with Crippen molar-refractivity contribution in [2.24, 2.45) is 5.41 Å². The van der Waals surface area contributed by atoms with Crippen LogP contribution in [0.25, 0.3) is 0 Å². The fraction of sp³-hybridized carbons (Fsp3) is 0.700. The van der Waals surface area contributed by atoms with Crippen LogP contribution in [0.2, 0.25) is 0 Å². The highest BCUT2D eigenvalue weighted by Crippen LogP contribution is 2.21. The molecule has 5 nitrogen and oxygen atoms in total. The Balaban J connectivity index is 1.90. The highest BCUT2D eigenvalue weighted by molar-refractivity contribution is 5.92. The first-order chi connectivity index (χ1) is 11.8. The number of carbonyl (C=O) groups is 2. The lowest BCUT2D eigenvalue weighted by Crippen LogP contribution is -2.36. The molecule has 1 aliphatic heterocycles. The zero-order valence-corrected chi connectivity index (χ0v) is 16.2. The fourth-order valence-electron chi connectivity index (χ4n) is 2.74. The molecule has 0 radical (unpaired) electrons. The van der Waals surface area contributed by atoms with Gasteiger partial charge in [0.1, 0.15) is 0 Å². The Morgan fingerprint density at radius 1 is 1.00 bits per heavy atom. The summed E-state index contributed by atoms with van der Waals surface area (Å²) in [5.74, 6) is 0.0332. The second-order valence-electron chi connectivity index (χ2n) is 7.93. The van der Waals surface area contributed by atoms with Crippen LogP contribution in [-0.4, -0.2) is 36.5 Å². The first-order valence-electron chi connectivity index (χ1n) is 9.50. The Morgan fingerprint density at radius 2 is 1.60 bits per heavy atom. The molecule has 3 amide bonds. The van der Waals surface area contributed by atoms with Crippen molar-refractivity contribution in [2.75, 3.05) is 19.6 Å². The molecular weight excluding hydrogens is 314 g/mol. The van der Waals surface area contributed by atoms with Crippen molar-refractivity contribution < 1.29 is 9.59 Å². The molecule has 2 N–H and O–H groups in total. The maximum Gasteiger partial charge on any atom is 0.314 e. The second kappa shape index (κ2) is 11.0. The molecule has 0 aromatic rings. The lowest BCUT2D eigenvalue weighted by molar-refractivity contribution is -0.123. The van der Waals surface area contributed by atoms with Gasteiger partial charge in [0.2, 0.25) is 0 Å². The maximum absolute atomic E-state index is 11.7. The van der Waals surface area contributed by atoms with Gasteiger partial charge in [-0.25, -0.2) is 4.79 Å². The normalized spacial score (nSPS) is 14.3. The molecule has 0 saturated carbocycles. The average Bonchev–Trinajstić information content (AvgIpc) is 2.84. The van der Waals surface area contributed by atoms with Gasteiger partial charge in [-0.2, -0.15) is 0 Å². The molecule has 0 fully saturated rings. The minimum Gasteiger partial charge on any atom is -0.338 e. The third-order valence-corrected chi connectivity index (χ3v) is 4.26. The Morgan fingerprint density at radius 3 is 2.16 bits per heavy atom. The summed E-state index contributed by atoms with van der Waals surface area (Å²) in [6.07, 6.45) is 10.7. The van der Waals surface area contributed by atoms with Crippen LogP contribution in [0.15, 0.2) is 24.4 Å². The molecule has 5 heteroatoms. The van der Waals surface area contributed by atoms with Crippen LogP contribution >= 0.6 is 0 Å². The van der Waals surface area contributed by atoms with E-state index in [1.165, 1.54) is 6.42 Å². The summed E-state index contributed by atoms with van der Waals surface area (Å²) in [5, 5.41) is 5.80. The molecule has 0 aromatic carbocycles. The van der Waals surface area contributed by atoms with Gasteiger partial charge in [0.05, 0.1) is 0 Å². The molecule has 0 spiro atoms. The van der Waals surface area contributed by atoms with E-state index >= 15 is 0 Å². The van der Waals surface area contributed by atoms with Crippen LogP contribution in [0.5, 0.6) is 0 Å². The molecule has 0 bridgehead atoms. The van der Waals surface area contributed by atoms with Gasteiger partial charge in [0.25, 0.3) is 5.91 Å². The van der Waals surface area contributed by atoms with Gasteiger partial charge in [-0.15, -0.1) is 0 Å². The third-order valence-electron chi connectivity index (χ3n) is 4.26. The minimum atomic E-state index is -0.0687. The quantitative estimate of drug-likeness (QED) is 0.554. The summed E-state index contributed by atoms with van der Waals surface area (Å²) < 4.78 is 0. The summed E-state index contributed by atoms with van der Waals surface area (Å²) in [6.45, 7) is 12.7. The Bertz CT molecular complexity index is 460. The smallest absolute Gasteiger partial charge is 0.314 e. The number of nitrogens with zero attached hydrogens (tertiary/aromatic N) is 1. The number of nitrogens with one attached hydrogen (secondary N) is 2. The Labute approximate surface area is 152 Å². The van der Waals surface area contributed by atoms with Crippen LogP contribution in [0.4, 0.5) is 4.79 Å². The standard InChI is InChI=1S/C20H35N3O2/c1-17-11-12-18(24)23(17)16-10-6-5-8-14-21-19(25)22-15-9-7-13-20(2,3)4/h11-12H,1,5-10,13-16H2,2-4H3,(H2,21,22,25). The van der Waals surface area contributed by atoms with Crippen molar-refractivity contribution in [3.8, 4) is 0 Å². The van der Waals surface area contributed by atoms with Gasteiger partial charge < -0.3 is 15.5 Å². The van der Waals surface area contributed by atoms with Crippen LogP contribution in [0.3, 0.4) is 0 Å². The van der Waals surface area contributed by atoms with Crippen LogP contribution in [0.1, 0.15) is 65.7 Å². The van der Waals surface area contributed by atoms with E-state index in [0.717, 1.165) is 57.3 Å². The molecule has 1 rings (SSSR count). The molecule has 25 heavy (non-hydrogen) atoms. The number of hydrogen-bond acceptors (Lipinski definition) is 2. The molecule has 0 aromatic heterocycles. The van der Waals surface area contributed by atoms with Crippen molar-refractivity contribution >= 4 is 11.9 Å². The Kier molecular flexibility index (Phi) is 9.32.